The molecule has 0 aromatic heterocycles. The van der Waals surface area contributed by atoms with Crippen molar-refractivity contribution in [1.82, 2.24) is 0 Å². The number of benzene rings is 1. The molecule has 0 unspecified atom stereocenters. The molecule has 5 nitrogen and oxygen atoms in total. The number of rotatable bonds is 6. The Morgan fingerprint density at radius 3 is 2.61 bits per heavy atom. The van der Waals surface area contributed by atoms with E-state index in [0.717, 1.165) is 5.56 Å². The van der Waals surface area contributed by atoms with Crippen LogP contribution in [-0.2, 0) is 25.5 Å². The lowest BCUT2D eigenvalue weighted by Crippen LogP contribution is -2.17. The van der Waals surface area contributed by atoms with Crippen LogP contribution >= 0.6 is 0 Å². The quantitative estimate of drug-likeness (QED) is 0.715. The summed E-state index contributed by atoms with van der Waals surface area (Å²) in [6, 6.07) is 7.10. The lowest BCUT2D eigenvalue weighted by Gasteiger charge is -2.05. The summed E-state index contributed by atoms with van der Waals surface area (Å²) in [5, 5.41) is 0. The minimum Gasteiger partial charge on any atom is -0.497 e. The second-order valence-corrected chi connectivity index (χ2v) is 3.49. The first-order valence-electron chi connectivity index (χ1n) is 5.60. The molecule has 0 aliphatic carbocycles. The van der Waals surface area contributed by atoms with Gasteiger partial charge in [-0.15, -0.1) is 0 Å². The van der Waals surface area contributed by atoms with E-state index in [9.17, 15) is 9.59 Å². The topological polar surface area (TPSA) is 61.8 Å². The smallest absolute Gasteiger partial charge is 0.344 e. The van der Waals surface area contributed by atoms with Crippen LogP contribution in [-0.4, -0.2) is 32.3 Å². The maximum atomic E-state index is 11.4. The van der Waals surface area contributed by atoms with Crippen LogP contribution in [0.25, 0.3) is 0 Å². The highest BCUT2D eigenvalue weighted by atomic mass is 16.6. The van der Waals surface area contributed by atoms with E-state index in [1.165, 1.54) is 0 Å². The zero-order valence-corrected chi connectivity index (χ0v) is 10.5. The summed E-state index contributed by atoms with van der Waals surface area (Å²) < 4.78 is 14.5. The molecule has 0 radical (unpaired) electrons. The minimum atomic E-state index is -0.545. The van der Waals surface area contributed by atoms with Crippen LogP contribution in [0.15, 0.2) is 24.3 Å². The summed E-state index contributed by atoms with van der Waals surface area (Å²) in [7, 11) is 1.55. The van der Waals surface area contributed by atoms with Crippen molar-refractivity contribution in [2.24, 2.45) is 0 Å². The summed E-state index contributed by atoms with van der Waals surface area (Å²) in [6.45, 7) is 1.61. The molecular weight excluding hydrogens is 236 g/mol. The Kier molecular flexibility index (Phi) is 5.70. The van der Waals surface area contributed by atoms with E-state index in [1.54, 1.807) is 38.3 Å². The van der Waals surface area contributed by atoms with E-state index < -0.39 is 11.9 Å². The normalized spacial score (nSPS) is 9.67. The Bertz CT molecular complexity index is 414. The molecule has 0 aliphatic rings. The maximum Gasteiger partial charge on any atom is 0.344 e. The van der Waals surface area contributed by atoms with Gasteiger partial charge < -0.3 is 14.2 Å². The second-order valence-electron chi connectivity index (χ2n) is 3.49. The number of methoxy groups -OCH3 is 1. The predicted octanol–water partition coefficient (Wildman–Crippen LogP) is 1.34. The molecule has 5 heteroatoms. The molecule has 0 heterocycles. The zero-order chi connectivity index (χ0) is 13.4. The van der Waals surface area contributed by atoms with Gasteiger partial charge in [0.1, 0.15) is 5.75 Å². The van der Waals surface area contributed by atoms with Gasteiger partial charge in [-0.2, -0.15) is 0 Å². The predicted molar refractivity (Wildman–Crippen MR) is 64.3 cm³/mol. The Morgan fingerprint density at radius 1 is 1.17 bits per heavy atom. The molecule has 0 spiro atoms. The first-order valence-corrected chi connectivity index (χ1v) is 5.60. The number of esters is 2. The van der Waals surface area contributed by atoms with E-state index in [1.807, 2.05) is 0 Å². The van der Waals surface area contributed by atoms with Crippen LogP contribution < -0.4 is 4.74 Å². The monoisotopic (exact) mass is 252 g/mol. The number of hydrogen-bond acceptors (Lipinski definition) is 5. The number of carbonyl (C=O) groups is 2. The van der Waals surface area contributed by atoms with Crippen LogP contribution in [0.4, 0.5) is 0 Å². The fraction of sp³-hybridized carbons (Fsp3) is 0.385. The summed E-state index contributed by atoms with van der Waals surface area (Å²) >= 11 is 0. The molecule has 1 aromatic rings. The van der Waals surface area contributed by atoms with Gasteiger partial charge in [0.2, 0.25) is 0 Å². The van der Waals surface area contributed by atoms with Gasteiger partial charge in [-0.05, 0) is 24.6 Å². The molecule has 0 saturated heterocycles. The van der Waals surface area contributed by atoms with Crippen molar-refractivity contribution in [3.05, 3.63) is 29.8 Å². The van der Waals surface area contributed by atoms with E-state index in [2.05, 4.69) is 4.74 Å². The van der Waals surface area contributed by atoms with Gasteiger partial charge in [-0.25, -0.2) is 4.79 Å². The van der Waals surface area contributed by atoms with E-state index in [-0.39, 0.29) is 19.6 Å². The summed E-state index contributed by atoms with van der Waals surface area (Å²) in [4.78, 5) is 22.4. The summed E-state index contributed by atoms with van der Waals surface area (Å²) in [5.74, 6) is -0.349. The minimum absolute atomic E-state index is 0.0939. The maximum absolute atomic E-state index is 11.4. The molecule has 0 aliphatic heterocycles. The highest BCUT2D eigenvalue weighted by Crippen LogP contribution is 2.13. The van der Waals surface area contributed by atoms with Crippen molar-refractivity contribution in [3.63, 3.8) is 0 Å². The lowest BCUT2D eigenvalue weighted by molar-refractivity contribution is -0.158. The van der Waals surface area contributed by atoms with Crippen molar-refractivity contribution in [1.29, 1.82) is 0 Å². The molecule has 0 bridgehead atoms. The molecule has 1 rings (SSSR count). The lowest BCUT2D eigenvalue weighted by atomic mass is 10.1. The molecule has 18 heavy (non-hydrogen) atoms. The third kappa shape index (κ3) is 4.86. The second kappa shape index (κ2) is 7.32. The Hall–Kier alpha value is -2.04. The van der Waals surface area contributed by atoms with Crippen molar-refractivity contribution in [2.45, 2.75) is 13.3 Å². The van der Waals surface area contributed by atoms with Crippen molar-refractivity contribution in [3.8, 4) is 5.75 Å². The molecule has 0 N–H and O–H groups in total. The molecule has 0 atom stereocenters. The fourth-order valence-electron chi connectivity index (χ4n) is 1.34. The van der Waals surface area contributed by atoms with E-state index in [4.69, 9.17) is 9.47 Å². The zero-order valence-electron chi connectivity index (χ0n) is 10.5. The SMILES string of the molecule is CCOC(=O)COC(=O)Cc1cccc(OC)c1. The Labute approximate surface area is 106 Å². The van der Waals surface area contributed by atoms with E-state index >= 15 is 0 Å². The Morgan fingerprint density at radius 2 is 1.94 bits per heavy atom. The number of ether oxygens (including phenoxy) is 3. The van der Waals surface area contributed by atoms with Gasteiger partial charge in [-0.3, -0.25) is 4.79 Å². The van der Waals surface area contributed by atoms with Crippen LogP contribution in [0.5, 0.6) is 5.75 Å². The van der Waals surface area contributed by atoms with Gasteiger partial charge >= 0.3 is 11.9 Å². The van der Waals surface area contributed by atoms with Gasteiger partial charge in [-0.1, -0.05) is 12.1 Å². The molecule has 0 fully saturated rings. The molecule has 0 saturated carbocycles. The fourth-order valence-corrected chi connectivity index (χ4v) is 1.34. The number of hydrogen-bond donors (Lipinski definition) is 0. The van der Waals surface area contributed by atoms with Gasteiger partial charge in [0, 0.05) is 0 Å². The highest BCUT2D eigenvalue weighted by molar-refractivity contribution is 5.77. The standard InChI is InChI=1S/C13H16O5/c1-3-17-13(15)9-18-12(14)8-10-5-4-6-11(7-10)16-2/h4-7H,3,8-9H2,1-2H3. The average molecular weight is 252 g/mol. The molecule has 98 valence electrons. The van der Waals surface area contributed by atoms with Crippen LogP contribution in [0, 0.1) is 0 Å². The average Bonchev–Trinajstić information content (AvgIpc) is 2.37. The van der Waals surface area contributed by atoms with Crippen molar-refractivity contribution in [2.75, 3.05) is 20.3 Å². The van der Waals surface area contributed by atoms with Gasteiger partial charge in [0.25, 0.3) is 0 Å². The highest BCUT2D eigenvalue weighted by Gasteiger charge is 2.09. The first kappa shape index (κ1) is 14.0. The van der Waals surface area contributed by atoms with Crippen molar-refractivity contribution >= 4 is 11.9 Å². The molecule has 0 amide bonds. The Balaban J connectivity index is 2.42. The van der Waals surface area contributed by atoms with Gasteiger partial charge in [0.05, 0.1) is 20.1 Å². The largest absolute Gasteiger partial charge is 0.497 e. The van der Waals surface area contributed by atoms with Gasteiger partial charge in [0.15, 0.2) is 6.61 Å². The molecule has 1 aromatic carbocycles. The van der Waals surface area contributed by atoms with E-state index in [0.29, 0.717) is 5.75 Å². The van der Waals surface area contributed by atoms with Crippen LogP contribution in [0.3, 0.4) is 0 Å². The third-order valence-electron chi connectivity index (χ3n) is 2.14. The number of carbonyl (C=O) groups excluding carboxylic acids is 2. The van der Waals surface area contributed by atoms with Crippen LogP contribution in [0.1, 0.15) is 12.5 Å². The first-order chi connectivity index (χ1) is 8.65. The van der Waals surface area contributed by atoms with Crippen molar-refractivity contribution < 1.29 is 23.8 Å². The molecular formula is C13H16O5. The summed E-state index contributed by atoms with van der Waals surface area (Å²) in [5.41, 5.74) is 0.767. The third-order valence-corrected chi connectivity index (χ3v) is 2.14. The summed E-state index contributed by atoms with van der Waals surface area (Å²) in [6.07, 6.45) is 0.0939. The van der Waals surface area contributed by atoms with Crippen LogP contribution in [0.2, 0.25) is 0 Å².